The maximum absolute atomic E-state index is 12.4. The summed E-state index contributed by atoms with van der Waals surface area (Å²) in [6.07, 6.45) is 5.93. The lowest BCUT2D eigenvalue weighted by atomic mass is 9.87. The Morgan fingerprint density at radius 3 is 2.55 bits per heavy atom. The van der Waals surface area contributed by atoms with Crippen LogP contribution in [0.4, 0.5) is 5.69 Å². The molecular formula is C28H39N3O2. The van der Waals surface area contributed by atoms with Gasteiger partial charge in [-0.3, -0.25) is 9.59 Å². The number of hydrogen-bond acceptors (Lipinski definition) is 3. The Hall–Kier alpha value is -2.66. The number of piperidine rings is 2. The third-order valence-electron chi connectivity index (χ3n) is 6.68. The van der Waals surface area contributed by atoms with Crippen molar-refractivity contribution in [3.8, 4) is 0 Å². The van der Waals surface area contributed by atoms with Crippen molar-refractivity contribution in [3.05, 3.63) is 65.2 Å². The van der Waals surface area contributed by atoms with Crippen molar-refractivity contribution in [2.24, 2.45) is 0 Å². The van der Waals surface area contributed by atoms with Gasteiger partial charge in [0, 0.05) is 44.4 Å². The van der Waals surface area contributed by atoms with Crippen molar-refractivity contribution < 1.29 is 9.59 Å². The van der Waals surface area contributed by atoms with E-state index in [0.29, 0.717) is 12.3 Å². The molecule has 5 heteroatoms. The summed E-state index contributed by atoms with van der Waals surface area (Å²) in [5.74, 6) is 0.622. The zero-order valence-corrected chi connectivity index (χ0v) is 20.5. The van der Waals surface area contributed by atoms with Crippen LogP contribution >= 0.6 is 0 Å². The van der Waals surface area contributed by atoms with Gasteiger partial charge in [0.25, 0.3) is 5.91 Å². The van der Waals surface area contributed by atoms with E-state index in [9.17, 15) is 9.59 Å². The van der Waals surface area contributed by atoms with Gasteiger partial charge < -0.3 is 15.1 Å². The molecule has 2 amide bonds. The third kappa shape index (κ3) is 6.23. The zero-order chi connectivity index (χ0) is 23.6. The number of anilines is 1. The number of carbonyl (C=O) groups excluding carboxylic acids is 2. The van der Waals surface area contributed by atoms with Crippen LogP contribution < -0.4 is 10.2 Å². The van der Waals surface area contributed by atoms with Crippen molar-refractivity contribution in [2.45, 2.75) is 58.3 Å². The molecule has 2 aliphatic rings. The van der Waals surface area contributed by atoms with Crippen molar-refractivity contribution in [1.29, 1.82) is 0 Å². The van der Waals surface area contributed by atoms with E-state index in [0.717, 1.165) is 75.1 Å². The van der Waals surface area contributed by atoms with Gasteiger partial charge in [-0.25, -0.2) is 0 Å². The van der Waals surface area contributed by atoms with Crippen LogP contribution in [0.15, 0.2) is 48.5 Å². The molecule has 2 fully saturated rings. The zero-order valence-electron chi connectivity index (χ0n) is 20.5. The highest BCUT2D eigenvalue weighted by Crippen LogP contribution is 2.30. The lowest BCUT2D eigenvalue weighted by molar-refractivity contribution is -0.119. The van der Waals surface area contributed by atoms with Gasteiger partial charge >= 0.3 is 0 Å². The molecule has 0 saturated carbocycles. The minimum absolute atomic E-state index is 0.00662. The standard InChI is InChI=1S/C26H33N3O2.C2H6/c1-27-26(31)23-12-4-3-11-22(23)21-10-8-16-28(19-21)18-15-20-9-2-5-13-24(20)29-17-7-6-14-25(29)30;1-2/h2-5,9,11-13,21H,6-8,10,14-19H2,1H3,(H,27,31);1-2H3. The lowest BCUT2D eigenvalue weighted by Crippen LogP contribution is -2.38. The molecule has 5 nitrogen and oxygen atoms in total. The maximum atomic E-state index is 12.4. The smallest absolute Gasteiger partial charge is 0.251 e. The van der Waals surface area contributed by atoms with E-state index in [1.54, 1.807) is 7.05 Å². The summed E-state index contributed by atoms with van der Waals surface area (Å²) in [7, 11) is 1.69. The molecule has 178 valence electrons. The normalized spacial score (nSPS) is 18.9. The van der Waals surface area contributed by atoms with E-state index in [-0.39, 0.29) is 11.8 Å². The number of nitrogens with one attached hydrogen (secondary N) is 1. The molecule has 0 aliphatic carbocycles. The summed E-state index contributed by atoms with van der Waals surface area (Å²) < 4.78 is 0. The molecule has 0 bridgehead atoms. The average molecular weight is 450 g/mol. The minimum atomic E-state index is -0.00662. The Morgan fingerprint density at radius 1 is 1.00 bits per heavy atom. The number of rotatable bonds is 6. The quantitative estimate of drug-likeness (QED) is 0.674. The van der Waals surface area contributed by atoms with Crippen molar-refractivity contribution in [1.82, 2.24) is 10.2 Å². The second-order valence-electron chi connectivity index (χ2n) is 8.69. The Labute approximate surface area is 199 Å². The fourth-order valence-corrected chi connectivity index (χ4v) is 5.03. The first-order valence-electron chi connectivity index (χ1n) is 12.6. The SMILES string of the molecule is CC.CNC(=O)c1ccccc1C1CCCN(CCc2ccccc2N2CCCCC2=O)C1. The van der Waals surface area contributed by atoms with E-state index in [1.807, 2.05) is 43.0 Å². The second kappa shape index (κ2) is 12.5. The first-order valence-corrected chi connectivity index (χ1v) is 12.6. The predicted octanol–water partition coefficient (Wildman–Crippen LogP) is 5.01. The van der Waals surface area contributed by atoms with E-state index >= 15 is 0 Å². The number of amides is 2. The maximum Gasteiger partial charge on any atom is 0.251 e. The van der Waals surface area contributed by atoms with Gasteiger partial charge in [0.1, 0.15) is 0 Å². The van der Waals surface area contributed by atoms with Crippen LogP contribution in [0, 0.1) is 0 Å². The van der Waals surface area contributed by atoms with Gasteiger partial charge in [0.2, 0.25) is 5.91 Å². The summed E-state index contributed by atoms with van der Waals surface area (Å²) in [6, 6.07) is 16.4. The van der Waals surface area contributed by atoms with Crippen LogP contribution in [0.3, 0.4) is 0 Å². The molecule has 1 N–H and O–H groups in total. The van der Waals surface area contributed by atoms with E-state index in [1.165, 1.54) is 5.56 Å². The number of benzene rings is 2. The predicted molar refractivity (Wildman–Crippen MR) is 136 cm³/mol. The first-order chi connectivity index (χ1) is 16.2. The molecule has 1 unspecified atom stereocenters. The molecule has 2 aromatic rings. The topological polar surface area (TPSA) is 52.7 Å². The highest BCUT2D eigenvalue weighted by Gasteiger charge is 2.26. The second-order valence-corrected chi connectivity index (χ2v) is 8.69. The van der Waals surface area contributed by atoms with E-state index < -0.39 is 0 Å². The molecule has 2 aromatic carbocycles. The molecule has 2 aliphatic heterocycles. The van der Waals surface area contributed by atoms with Gasteiger partial charge in [0.05, 0.1) is 0 Å². The third-order valence-corrected chi connectivity index (χ3v) is 6.68. The van der Waals surface area contributed by atoms with Crippen LogP contribution in [0.1, 0.15) is 73.4 Å². The Morgan fingerprint density at radius 2 is 1.76 bits per heavy atom. The molecular weight excluding hydrogens is 410 g/mol. The molecule has 33 heavy (non-hydrogen) atoms. The van der Waals surface area contributed by atoms with Gasteiger partial charge in [0.15, 0.2) is 0 Å². The van der Waals surface area contributed by atoms with Crippen molar-refractivity contribution in [3.63, 3.8) is 0 Å². The molecule has 0 radical (unpaired) electrons. The van der Waals surface area contributed by atoms with Crippen LogP contribution in [-0.2, 0) is 11.2 Å². The van der Waals surface area contributed by atoms with Gasteiger partial charge in [-0.05, 0) is 67.8 Å². The fraction of sp³-hybridized carbons (Fsp3) is 0.500. The summed E-state index contributed by atoms with van der Waals surface area (Å²) >= 11 is 0. The Kier molecular flexibility index (Phi) is 9.49. The number of carbonyl (C=O) groups is 2. The van der Waals surface area contributed by atoms with E-state index in [4.69, 9.17) is 0 Å². The van der Waals surface area contributed by atoms with Gasteiger partial charge in [-0.2, -0.15) is 0 Å². The van der Waals surface area contributed by atoms with Gasteiger partial charge in [-0.1, -0.05) is 50.2 Å². The molecule has 2 heterocycles. The monoisotopic (exact) mass is 449 g/mol. The summed E-state index contributed by atoms with van der Waals surface area (Å²) in [5.41, 5.74) is 4.30. The molecule has 0 aromatic heterocycles. The minimum Gasteiger partial charge on any atom is -0.355 e. The van der Waals surface area contributed by atoms with Crippen LogP contribution in [0.25, 0.3) is 0 Å². The highest BCUT2D eigenvalue weighted by molar-refractivity contribution is 5.96. The summed E-state index contributed by atoms with van der Waals surface area (Å²) in [4.78, 5) is 29.3. The molecule has 0 spiro atoms. The molecule has 4 rings (SSSR count). The Bertz CT molecular complexity index is 927. The largest absolute Gasteiger partial charge is 0.355 e. The number of hydrogen-bond donors (Lipinski definition) is 1. The first kappa shape index (κ1) is 25.0. The molecule has 1 atom stereocenters. The van der Waals surface area contributed by atoms with E-state index in [2.05, 4.69) is 34.5 Å². The number of likely N-dealkylation sites (tertiary alicyclic amines) is 1. The number of para-hydroxylation sites is 1. The van der Waals surface area contributed by atoms with Crippen molar-refractivity contribution in [2.75, 3.05) is 38.1 Å². The molecule has 2 saturated heterocycles. The van der Waals surface area contributed by atoms with Crippen LogP contribution in [-0.4, -0.2) is 49.9 Å². The highest BCUT2D eigenvalue weighted by atomic mass is 16.2. The van der Waals surface area contributed by atoms with Crippen molar-refractivity contribution >= 4 is 17.5 Å². The lowest BCUT2D eigenvalue weighted by Gasteiger charge is -2.34. The fourth-order valence-electron chi connectivity index (χ4n) is 5.03. The summed E-state index contributed by atoms with van der Waals surface area (Å²) in [6.45, 7) is 7.86. The summed E-state index contributed by atoms with van der Waals surface area (Å²) in [5, 5.41) is 2.77. The van der Waals surface area contributed by atoms with Crippen LogP contribution in [0.2, 0.25) is 0 Å². The van der Waals surface area contributed by atoms with Gasteiger partial charge in [-0.15, -0.1) is 0 Å². The Balaban J connectivity index is 0.00000149. The average Bonchev–Trinajstić information content (AvgIpc) is 2.89. The number of nitrogens with zero attached hydrogens (tertiary/aromatic N) is 2. The van der Waals surface area contributed by atoms with Crippen LogP contribution in [0.5, 0.6) is 0 Å².